The fourth-order valence-corrected chi connectivity index (χ4v) is 1.77. The van der Waals surface area contributed by atoms with Crippen LogP contribution in [0.1, 0.15) is 24.2 Å². The molecule has 1 aliphatic rings. The SMILES string of the molecule is Cc1ccc2c(c1)NCC(C)C2O. The van der Waals surface area contributed by atoms with Crippen molar-refractivity contribution in [1.82, 2.24) is 0 Å². The Kier molecular flexibility index (Phi) is 2.00. The van der Waals surface area contributed by atoms with Gasteiger partial charge in [-0.25, -0.2) is 0 Å². The summed E-state index contributed by atoms with van der Waals surface area (Å²) < 4.78 is 0. The molecule has 2 atom stereocenters. The fraction of sp³-hybridized carbons (Fsp3) is 0.455. The molecule has 0 spiro atoms. The number of anilines is 1. The molecule has 2 nitrogen and oxygen atoms in total. The first-order valence-corrected chi connectivity index (χ1v) is 4.71. The van der Waals surface area contributed by atoms with E-state index in [-0.39, 0.29) is 6.10 Å². The Hall–Kier alpha value is -1.02. The van der Waals surface area contributed by atoms with Crippen molar-refractivity contribution < 1.29 is 5.11 Å². The zero-order valence-electron chi connectivity index (χ0n) is 8.04. The lowest BCUT2D eigenvalue weighted by Crippen LogP contribution is -2.25. The number of aryl methyl sites for hydroxylation is 1. The Morgan fingerprint density at radius 2 is 2.23 bits per heavy atom. The summed E-state index contributed by atoms with van der Waals surface area (Å²) in [4.78, 5) is 0. The maximum atomic E-state index is 9.88. The van der Waals surface area contributed by atoms with Crippen LogP contribution in [0.25, 0.3) is 0 Å². The van der Waals surface area contributed by atoms with Crippen LogP contribution >= 0.6 is 0 Å². The molecule has 0 saturated heterocycles. The maximum absolute atomic E-state index is 9.88. The second kappa shape index (κ2) is 3.04. The lowest BCUT2D eigenvalue weighted by molar-refractivity contribution is 0.120. The molecule has 13 heavy (non-hydrogen) atoms. The standard InChI is InChI=1S/C11H15NO/c1-7-3-4-9-10(5-7)12-6-8(2)11(9)13/h3-5,8,11-13H,6H2,1-2H3. The van der Waals surface area contributed by atoms with Crippen molar-refractivity contribution in [2.75, 3.05) is 11.9 Å². The zero-order chi connectivity index (χ0) is 9.42. The van der Waals surface area contributed by atoms with Crippen LogP contribution in [0.4, 0.5) is 5.69 Å². The largest absolute Gasteiger partial charge is 0.388 e. The fourth-order valence-electron chi connectivity index (χ4n) is 1.77. The van der Waals surface area contributed by atoms with E-state index in [1.54, 1.807) is 0 Å². The van der Waals surface area contributed by atoms with Crippen LogP contribution in [0.5, 0.6) is 0 Å². The number of nitrogens with one attached hydrogen (secondary N) is 1. The van der Waals surface area contributed by atoms with E-state index in [1.165, 1.54) is 5.56 Å². The lowest BCUT2D eigenvalue weighted by atomic mass is 9.91. The van der Waals surface area contributed by atoms with Gasteiger partial charge in [-0.05, 0) is 18.6 Å². The second-order valence-corrected chi connectivity index (χ2v) is 3.89. The molecule has 2 heteroatoms. The third-order valence-corrected chi connectivity index (χ3v) is 2.68. The Balaban J connectivity index is 2.44. The van der Waals surface area contributed by atoms with E-state index < -0.39 is 0 Å². The van der Waals surface area contributed by atoms with Crippen molar-refractivity contribution in [3.05, 3.63) is 29.3 Å². The van der Waals surface area contributed by atoms with Gasteiger partial charge in [-0.3, -0.25) is 0 Å². The van der Waals surface area contributed by atoms with Crippen LogP contribution in [0.15, 0.2) is 18.2 Å². The molecule has 1 aromatic rings. The molecule has 1 aliphatic heterocycles. The molecule has 1 aromatic carbocycles. The molecule has 2 rings (SSSR count). The molecule has 2 unspecified atom stereocenters. The summed E-state index contributed by atoms with van der Waals surface area (Å²) in [5.41, 5.74) is 3.35. The molecule has 2 N–H and O–H groups in total. The molecule has 0 saturated carbocycles. The van der Waals surface area contributed by atoms with E-state index in [4.69, 9.17) is 0 Å². The molecule has 0 radical (unpaired) electrons. The highest BCUT2D eigenvalue weighted by Gasteiger charge is 2.23. The summed E-state index contributed by atoms with van der Waals surface area (Å²) in [7, 11) is 0. The van der Waals surface area contributed by atoms with Crippen molar-refractivity contribution in [3.63, 3.8) is 0 Å². The van der Waals surface area contributed by atoms with Gasteiger partial charge in [0, 0.05) is 23.7 Å². The predicted molar refractivity (Wildman–Crippen MR) is 53.8 cm³/mol. The number of hydrogen-bond donors (Lipinski definition) is 2. The van der Waals surface area contributed by atoms with Crippen LogP contribution in [-0.4, -0.2) is 11.7 Å². The molecular formula is C11H15NO. The minimum atomic E-state index is -0.308. The number of aliphatic hydroxyl groups excluding tert-OH is 1. The number of fused-ring (bicyclic) bond motifs is 1. The van der Waals surface area contributed by atoms with E-state index in [0.717, 1.165) is 17.8 Å². The number of rotatable bonds is 0. The van der Waals surface area contributed by atoms with Crippen molar-refractivity contribution in [1.29, 1.82) is 0 Å². The van der Waals surface area contributed by atoms with E-state index >= 15 is 0 Å². The molecule has 0 aliphatic carbocycles. The zero-order valence-corrected chi connectivity index (χ0v) is 8.04. The third-order valence-electron chi connectivity index (χ3n) is 2.68. The number of aliphatic hydroxyl groups is 1. The average molecular weight is 177 g/mol. The van der Waals surface area contributed by atoms with Crippen molar-refractivity contribution >= 4 is 5.69 Å². The normalized spacial score (nSPS) is 26.4. The Bertz CT molecular complexity index is 322. The highest BCUT2D eigenvalue weighted by molar-refractivity contribution is 5.56. The van der Waals surface area contributed by atoms with Gasteiger partial charge < -0.3 is 10.4 Å². The molecule has 0 amide bonds. The van der Waals surface area contributed by atoms with Crippen LogP contribution in [0, 0.1) is 12.8 Å². The highest BCUT2D eigenvalue weighted by Crippen LogP contribution is 2.33. The van der Waals surface area contributed by atoms with Gasteiger partial charge in [0.15, 0.2) is 0 Å². The molecule has 70 valence electrons. The maximum Gasteiger partial charge on any atom is 0.0852 e. The van der Waals surface area contributed by atoms with Crippen molar-refractivity contribution in [3.8, 4) is 0 Å². The van der Waals surface area contributed by atoms with E-state index in [1.807, 2.05) is 12.1 Å². The molecule has 0 aromatic heterocycles. The Labute approximate surface area is 78.6 Å². The molecule has 0 fully saturated rings. The van der Waals surface area contributed by atoms with Gasteiger partial charge >= 0.3 is 0 Å². The lowest BCUT2D eigenvalue weighted by Gasteiger charge is -2.28. The summed E-state index contributed by atoms with van der Waals surface area (Å²) in [5, 5.41) is 13.2. The number of hydrogen-bond acceptors (Lipinski definition) is 2. The van der Waals surface area contributed by atoms with E-state index in [9.17, 15) is 5.11 Å². The topological polar surface area (TPSA) is 32.3 Å². The van der Waals surface area contributed by atoms with Crippen molar-refractivity contribution in [2.24, 2.45) is 5.92 Å². The molecule has 1 heterocycles. The predicted octanol–water partition coefficient (Wildman–Crippen LogP) is 2.09. The monoisotopic (exact) mass is 177 g/mol. The molecule has 0 bridgehead atoms. The summed E-state index contributed by atoms with van der Waals surface area (Å²) in [6.45, 7) is 4.98. The first kappa shape index (κ1) is 8.57. The highest BCUT2D eigenvalue weighted by atomic mass is 16.3. The van der Waals surface area contributed by atoms with E-state index in [0.29, 0.717) is 5.92 Å². The van der Waals surface area contributed by atoms with Crippen molar-refractivity contribution in [2.45, 2.75) is 20.0 Å². The van der Waals surface area contributed by atoms with Gasteiger partial charge in [0.1, 0.15) is 0 Å². The summed E-state index contributed by atoms with van der Waals surface area (Å²) in [6, 6.07) is 6.14. The smallest absolute Gasteiger partial charge is 0.0852 e. The summed E-state index contributed by atoms with van der Waals surface area (Å²) in [5.74, 6) is 0.301. The first-order valence-electron chi connectivity index (χ1n) is 4.71. The third kappa shape index (κ3) is 1.42. The van der Waals surface area contributed by atoms with Crippen LogP contribution in [0.2, 0.25) is 0 Å². The van der Waals surface area contributed by atoms with Gasteiger partial charge in [-0.2, -0.15) is 0 Å². The minimum absolute atomic E-state index is 0.301. The second-order valence-electron chi connectivity index (χ2n) is 3.89. The molecular weight excluding hydrogens is 162 g/mol. The average Bonchev–Trinajstić information content (AvgIpc) is 2.12. The quantitative estimate of drug-likeness (QED) is 0.636. The summed E-state index contributed by atoms with van der Waals surface area (Å²) in [6.07, 6.45) is -0.308. The van der Waals surface area contributed by atoms with Crippen LogP contribution < -0.4 is 5.32 Å². The van der Waals surface area contributed by atoms with Crippen LogP contribution in [-0.2, 0) is 0 Å². The summed E-state index contributed by atoms with van der Waals surface area (Å²) >= 11 is 0. The Morgan fingerprint density at radius 3 is 3.00 bits per heavy atom. The van der Waals surface area contributed by atoms with Gasteiger partial charge in [-0.15, -0.1) is 0 Å². The van der Waals surface area contributed by atoms with Gasteiger partial charge in [0.05, 0.1) is 6.10 Å². The Morgan fingerprint density at radius 1 is 1.46 bits per heavy atom. The van der Waals surface area contributed by atoms with Crippen LogP contribution in [0.3, 0.4) is 0 Å². The van der Waals surface area contributed by atoms with Gasteiger partial charge in [0.25, 0.3) is 0 Å². The number of benzene rings is 1. The minimum Gasteiger partial charge on any atom is -0.388 e. The first-order chi connectivity index (χ1) is 6.18. The van der Waals surface area contributed by atoms with Gasteiger partial charge in [0.2, 0.25) is 0 Å². The van der Waals surface area contributed by atoms with Gasteiger partial charge in [-0.1, -0.05) is 19.1 Å². The van der Waals surface area contributed by atoms with E-state index in [2.05, 4.69) is 25.2 Å².